The minimum Gasteiger partial charge on any atom is -0.455 e. The first kappa shape index (κ1) is 16.4. The molecule has 0 N–H and O–H groups in total. The SMILES string of the molecule is CC(C)(C)OC(=O)N1CCC=C(c2ccc(C3OC=CO3)cc2)C1. The number of hydrogen-bond acceptors (Lipinski definition) is 4. The maximum absolute atomic E-state index is 12.3. The molecule has 0 saturated heterocycles. The molecule has 1 amide bonds. The summed E-state index contributed by atoms with van der Waals surface area (Å²) < 4.78 is 16.1. The van der Waals surface area contributed by atoms with E-state index in [1.807, 2.05) is 45.0 Å². The van der Waals surface area contributed by atoms with E-state index >= 15 is 0 Å². The summed E-state index contributed by atoms with van der Waals surface area (Å²) in [6, 6.07) is 8.04. The van der Waals surface area contributed by atoms with Gasteiger partial charge in [0.1, 0.15) is 18.1 Å². The van der Waals surface area contributed by atoms with Gasteiger partial charge in [0.25, 0.3) is 6.29 Å². The van der Waals surface area contributed by atoms with Crippen molar-refractivity contribution < 1.29 is 19.0 Å². The van der Waals surface area contributed by atoms with Crippen LogP contribution in [-0.4, -0.2) is 29.7 Å². The van der Waals surface area contributed by atoms with Gasteiger partial charge in [-0.2, -0.15) is 0 Å². The number of carbonyl (C=O) groups excluding carboxylic acids is 1. The Kier molecular flexibility index (Phi) is 4.51. The van der Waals surface area contributed by atoms with Crippen LogP contribution in [0.1, 0.15) is 44.6 Å². The van der Waals surface area contributed by atoms with Crippen molar-refractivity contribution in [3.8, 4) is 0 Å². The summed E-state index contributed by atoms with van der Waals surface area (Å²) >= 11 is 0. The second-order valence-corrected chi connectivity index (χ2v) is 6.92. The van der Waals surface area contributed by atoms with Crippen LogP contribution in [0.5, 0.6) is 0 Å². The lowest BCUT2D eigenvalue weighted by atomic mass is 10.00. The lowest BCUT2D eigenvalue weighted by Gasteiger charge is -2.30. The first-order chi connectivity index (χ1) is 11.4. The Morgan fingerprint density at radius 1 is 1.17 bits per heavy atom. The average Bonchev–Trinajstić information content (AvgIpc) is 3.08. The van der Waals surface area contributed by atoms with Gasteiger partial charge in [-0.25, -0.2) is 4.79 Å². The quantitative estimate of drug-likeness (QED) is 0.815. The maximum atomic E-state index is 12.3. The van der Waals surface area contributed by atoms with Crippen molar-refractivity contribution in [2.45, 2.75) is 39.1 Å². The van der Waals surface area contributed by atoms with Gasteiger partial charge in [-0.05, 0) is 38.3 Å². The lowest BCUT2D eigenvalue weighted by molar-refractivity contribution is -0.0245. The molecule has 0 saturated carbocycles. The van der Waals surface area contributed by atoms with Crippen molar-refractivity contribution in [2.75, 3.05) is 13.1 Å². The number of nitrogens with zero attached hydrogens (tertiary/aromatic N) is 1. The molecule has 0 spiro atoms. The molecule has 0 aliphatic carbocycles. The van der Waals surface area contributed by atoms with E-state index in [1.54, 1.807) is 17.4 Å². The normalized spacial score (nSPS) is 18.0. The predicted molar refractivity (Wildman–Crippen MR) is 90.9 cm³/mol. The van der Waals surface area contributed by atoms with E-state index in [9.17, 15) is 4.79 Å². The molecular formula is C19H23NO4. The van der Waals surface area contributed by atoms with Gasteiger partial charge < -0.3 is 19.1 Å². The number of ether oxygens (including phenoxy) is 3. The molecule has 0 unspecified atom stereocenters. The molecule has 0 radical (unpaired) electrons. The highest BCUT2D eigenvalue weighted by Crippen LogP contribution is 2.27. The summed E-state index contributed by atoms with van der Waals surface area (Å²) in [6.45, 7) is 6.89. The first-order valence-electron chi connectivity index (χ1n) is 8.16. The van der Waals surface area contributed by atoms with E-state index < -0.39 is 5.60 Å². The van der Waals surface area contributed by atoms with Crippen LogP contribution in [0.4, 0.5) is 4.79 Å². The summed E-state index contributed by atoms with van der Waals surface area (Å²) in [7, 11) is 0. The Hall–Kier alpha value is -2.43. The highest BCUT2D eigenvalue weighted by atomic mass is 16.7. The van der Waals surface area contributed by atoms with E-state index in [4.69, 9.17) is 14.2 Å². The van der Waals surface area contributed by atoms with Crippen molar-refractivity contribution in [2.24, 2.45) is 0 Å². The highest BCUT2D eigenvalue weighted by molar-refractivity contribution is 5.75. The van der Waals surface area contributed by atoms with Crippen LogP contribution in [0.2, 0.25) is 0 Å². The monoisotopic (exact) mass is 329 g/mol. The van der Waals surface area contributed by atoms with E-state index in [1.165, 1.54) is 0 Å². The van der Waals surface area contributed by atoms with Crippen molar-refractivity contribution in [1.82, 2.24) is 4.90 Å². The molecule has 0 atom stereocenters. The molecule has 2 aliphatic rings. The Morgan fingerprint density at radius 2 is 1.83 bits per heavy atom. The number of carbonyl (C=O) groups is 1. The van der Waals surface area contributed by atoms with Crippen molar-refractivity contribution in [3.05, 3.63) is 54.0 Å². The Bertz CT molecular complexity index is 647. The third-order valence-electron chi connectivity index (χ3n) is 3.82. The zero-order chi connectivity index (χ0) is 17.2. The summed E-state index contributed by atoms with van der Waals surface area (Å²) in [6.07, 6.45) is 5.47. The predicted octanol–water partition coefficient (Wildman–Crippen LogP) is 4.23. The average molecular weight is 329 g/mol. The van der Waals surface area contributed by atoms with Gasteiger partial charge in [0.15, 0.2) is 0 Å². The fourth-order valence-corrected chi connectivity index (χ4v) is 2.69. The van der Waals surface area contributed by atoms with E-state index in [0.29, 0.717) is 13.1 Å². The van der Waals surface area contributed by atoms with E-state index in [0.717, 1.165) is 23.1 Å². The minimum atomic E-state index is -0.477. The van der Waals surface area contributed by atoms with Crippen LogP contribution >= 0.6 is 0 Å². The van der Waals surface area contributed by atoms with E-state index in [-0.39, 0.29) is 12.4 Å². The Labute approximate surface area is 142 Å². The van der Waals surface area contributed by atoms with Crippen molar-refractivity contribution >= 4 is 11.7 Å². The Balaban J connectivity index is 1.66. The zero-order valence-corrected chi connectivity index (χ0v) is 14.3. The molecule has 0 fully saturated rings. The van der Waals surface area contributed by atoms with E-state index in [2.05, 4.69) is 6.08 Å². The standard InChI is InChI=1S/C19H23NO4/c1-19(2,3)24-18(21)20-10-4-5-16(13-20)14-6-8-15(9-7-14)17-22-11-12-23-17/h5-9,11-12,17H,4,10,13H2,1-3H3. The fraction of sp³-hybridized carbons (Fsp3) is 0.421. The van der Waals surface area contributed by atoms with Gasteiger partial charge in [0.2, 0.25) is 0 Å². The second-order valence-electron chi connectivity index (χ2n) is 6.92. The third kappa shape index (κ3) is 3.91. The molecule has 128 valence electrons. The molecule has 2 heterocycles. The van der Waals surface area contributed by atoms with Gasteiger partial charge in [0, 0.05) is 18.7 Å². The molecule has 5 heteroatoms. The van der Waals surface area contributed by atoms with Gasteiger partial charge >= 0.3 is 6.09 Å². The summed E-state index contributed by atoms with van der Waals surface area (Å²) in [5.41, 5.74) is 2.71. The van der Waals surface area contributed by atoms with Crippen molar-refractivity contribution in [3.63, 3.8) is 0 Å². The van der Waals surface area contributed by atoms with Gasteiger partial charge in [-0.1, -0.05) is 30.3 Å². The van der Waals surface area contributed by atoms with Crippen LogP contribution in [0.3, 0.4) is 0 Å². The van der Waals surface area contributed by atoms with Crippen LogP contribution in [0, 0.1) is 0 Å². The van der Waals surface area contributed by atoms with Gasteiger partial charge in [-0.15, -0.1) is 0 Å². The number of amides is 1. The highest BCUT2D eigenvalue weighted by Gasteiger charge is 2.25. The largest absolute Gasteiger partial charge is 0.455 e. The minimum absolute atomic E-state index is 0.261. The number of rotatable bonds is 2. The second kappa shape index (κ2) is 6.59. The fourth-order valence-electron chi connectivity index (χ4n) is 2.69. The topological polar surface area (TPSA) is 48.0 Å². The molecule has 1 aromatic rings. The summed E-state index contributed by atoms with van der Waals surface area (Å²) in [5.74, 6) is 0. The zero-order valence-electron chi connectivity index (χ0n) is 14.3. The Morgan fingerprint density at radius 3 is 2.46 bits per heavy atom. The first-order valence-corrected chi connectivity index (χ1v) is 8.16. The van der Waals surface area contributed by atoms with Crippen LogP contribution < -0.4 is 0 Å². The molecule has 3 rings (SSSR count). The molecule has 24 heavy (non-hydrogen) atoms. The number of benzene rings is 1. The summed E-state index contributed by atoms with van der Waals surface area (Å²) in [4.78, 5) is 14.0. The van der Waals surface area contributed by atoms with Crippen molar-refractivity contribution in [1.29, 1.82) is 0 Å². The molecule has 2 aliphatic heterocycles. The molecule has 0 bridgehead atoms. The number of hydrogen-bond donors (Lipinski definition) is 0. The van der Waals surface area contributed by atoms with Crippen LogP contribution in [-0.2, 0) is 14.2 Å². The third-order valence-corrected chi connectivity index (χ3v) is 3.82. The smallest absolute Gasteiger partial charge is 0.410 e. The van der Waals surface area contributed by atoms with Crippen LogP contribution in [0.15, 0.2) is 42.9 Å². The lowest BCUT2D eigenvalue weighted by Crippen LogP contribution is -2.39. The van der Waals surface area contributed by atoms with Gasteiger partial charge in [-0.3, -0.25) is 0 Å². The summed E-state index contributed by atoms with van der Waals surface area (Å²) in [5, 5.41) is 0. The van der Waals surface area contributed by atoms with Gasteiger partial charge in [0.05, 0.1) is 0 Å². The van der Waals surface area contributed by atoms with Crippen LogP contribution in [0.25, 0.3) is 5.57 Å². The molecule has 5 nitrogen and oxygen atoms in total. The maximum Gasteiger partial charge on any atom is 0.410 e. The molecular weight excluding hydrogens is 306 g/mol. The molecule has 1 aromatic carbocycles. The molecule has 0 aromatic heterocycles.